The van der Waals surface area contributed by atoms with Gasteiger partial charge in [-0.25, -0.2) is 4.98 Å². The SMILES string of the molecule is CC1CC(CN)CN1C(=O)c1ccc(CSc2nccn2C)o1. The Morgan fingerprint density at radius 1 is 1.52 bits per heavy atom. The van der Waals surface area contributed by atoms with Crippen molar-refractivity contribution in [3.63, 3.8) is 0 Å². The lowest BCUT2D eigenvalue weighted by Crippen LogP contribution is -2.34. The normalized spacial score (nSPS) is 21.1. The Hall–Kier alpha value is -1.73. The number of nitrogens with two attached hydrogens (primary N) is 1. The van der Waals surface area contributed by atoms with Crippen LogP contribution in [0.3, 0.4) is 0 Å². The van der Waals surface area contributed by atoms with Gasteiger partial charge in [0.1, 0.15) is 5.76 Å². The first-order valence-corrected chi connectivity index (χ1v) is 8.77. The summed E-state index contributed by atoms with van der Waals surface area (Å²) in [5, 5.41) is 0.924. The Morgan fingerprint density at radius 3 is 3.00 bits per heavy atom. The van der Waals surface area contributed by atoms with Crippen LogP contribution in [0.5, 0.6) is 0 Å². The van der Waals surface area contributed by atoms with Gasteiger partial charge in [0.25, 0.3) is 5.91 Å². The van der Waals surface area contributed by atoms with E-state index in [4.69, 9.17) is 10.2 Å². The average Bonchev–Trinajstić information content (AvgIpc) is 3.24. The molecule has 3 rings (SSSR count). The van der Waals surface area contributed by atoms with Gasteiger partial charge in [0.2, 0.25) is 0 Å². The number of thioether (sulfide) groups is 1. The van der Waals surface area contributed by atoms with Crippen LogP contribution in [0.25, 0.3) is 0 Å². The number of hydrogen-bond donors (Lipinski definition) is 1. The van der Waals surface area contributed by atoms with Crippen LogP contribution in [0.4, 0.5) is 0 Å². The minimum absolute atomic E-state index is 0.0401. The second-order valence-electron chi connectivity index (χ2n) is 6.02. The van der Waals surface area contributed by atoms with Gasteiger partial charge in [-0.3, -0.25) is 4.79 Å². The van der Waals surface area contributed by atoms with E-state index in [1.54, 1.807) is 24.0 Å². The molecule has 2 aromatic heterocycles. The first kappa shape index (κ1) is 16.1. The third kappa shape index (κ3) is 3.45. The Kier molecular flexibility index (Phi) is 4.77. The smallest absolute Gasteiger partial charge is 0.289 e. The average molecular weight is 334 g/mol. The summed E-state index contributed by atoms with van der Waals surface area (Å²) in [6.45, 7) is 3.40. The number of amides is 1. The molecule has 2 unspecified atom stereocenters. The second kappa shape index (κ2) is 6.80. The van der Waals surface area contributed by atoms with Gasteiger partial charge in [-0.1, -0.05) is 11.8 Å². The predicted molar refractivity (Wildman–Crippen MR) is 89.1 cm³/mol. The number of furan rings is 1. The number of hydrogen-bond acceptors (Lipinski definition) is 5. The summed E-state index contributed by atoms with van der Waals surface area (Å²) in [6.07, 6.45) is 4.63. The lowest BCUT2D eigenvalue weighted by atomic mass is 10.1. The van der Waals surface area contributed by atoms with Crippen LogP contribution in [0.1, 0.15) is 29.7 Å². The fraction of sp³-hybridized carbons (Fsp3) is 0.500. The maximum absolute atomic E-state index is 12.6. The quantitative estimate of drug-likeness (QED) is 0.848. The third-order valence-electron chi connectivity index (χ3n) is 4.25. The highest BCUT2D eigenvalue weighted by Gasteiger charge is 2.33. The highest BCUT2D eigenvalue weighted by Crippen LogP contribution is 2.26. The lowest BCUT2D eigenvalue weighted by molar-refractivity contribution is 0.0709. The molecule has 3 heterocycles. The number of rotatable bonds is 5. The van der Waals surface area contributed by atoms with Crippen molar-refractivity contribution in [1.29, 1.82) is 0 Å². The van der Waals surface area contributed by atoms with Crippen molar-refractivity contribution in [3.8, 4) is 0 Å². The van der Waals surface area contributed by atoms with E-state index < -0.39 is 0 Å². The van der Waals surface area contributed by atoms with E-state index in [-0.39, 0.29) is 11.9 Å². The van der Waals surface area contributed by atoms with Crippen molar-refractivity contribution < 1.29 is 9.21 Å². The number of carbonyl (C=O) groups is 1. The Balaban J connectivity index is 1.62. The zero-order valence-electron chi connectivity index (χ0n) is 13.4. The molecule has 23 heavy (non-hydrogen) atoms. The number of nitrogens with zero attached hydrogens (tertiary/aromatic N) is 3. The van der Waals surface area contributed by atoms with Gasteiger partial charge in [0.05, 0.1) is 5.75 Å². The highest BCUT2D eigenvalue weighted by molar-refractivity contribution is 7.98. The maximum atomic E-state index is 12.6. The molecule has 0 saturated carbocycles. The van der Waals surface area contributed by atoms with Crippen LogP contribution in [0.2, 0.25) is 0 Å². The van der Waals surface area contributed by atoms with Gasteiger partial charge in [0.15, 0.2) is 10.9 Å². The topological polar surface area (TPSA) is 77.3 Å². The Morgan fingerprint density at radius 2 is 2.35 bits per heavy atom. The van der Waals surface area contributed by atoms with Crippen LogP contribution in [0.15, 0.2) is 34.1 Å². The van der Waals surface area contributed by atoms with E-state index in [1.807, 2.05) is 28.8 Å². The van der Waals surface area contributed by atoms with Crippen molar-refractivity contribution in [1.82, 2.24) is 14.5 Å². The first-order valence-electron chi connectivity index (χ1n) is 7.78. The zero-order valence-corrected chi connectivity index (χ0v) is 14.3. The van der Waals surface area contributed by atoms with Crippen molar-refractivity contribution >= 4 is 17.7 Å². The largest absolute Gasteiger partial charge is 0.455 e. The van der Waals surface area contributed by atoms with E-state index in [0.717, 1.165) is 17.3 Å². The molecular weight excluding hydrogens is 312 g/mol. The van der Waals surface area contributed by atoms with Gasteiger partial charge in [-0.15, -0.1) is 0 Å². The highest BCUT2D eigenvalue weighted by atomic mass is 32.2. The van der Waals surface area contributed by atoms with E-state index in [9.17, 15) is 4.79 Å². The molecular formula is C16H22N4O2S. The molecule has 2 atom stereocenters. The molecule has 1 fully saturated rings. The molecule has 1 aliphatic rings. The van der Waals surface area contributed by atoms with Gasteiger partial charge in [0, 0.05) is 32.0 Å². The van der Waals surface area contributed by atoms with E-state index in [1.165, 1.54) is 0 Å². The summed E-state index contributed by atoms with van der Waals surface area (Å²) < 4.78 is 7.69. The number of aryl methyl sites for hydroxylation is 1. The second-order valence-corrected chi connectivity index (χ2v) is 6.96. The van der Waals surface area contributed by atoms with Crippen molar-refractivity contribution in [3.05, 3.63) is 36.0 Å². The van der Waals surface area contributed by atoms with Gasteiger partial charge < -0.3 is 19.6 Å². The molecule has 2 aromatic rings. The fourth-order valence-corrected chi connectivity index (χ4v) is 3.76. The van der Waals surface area contributed by atoms with Gasteiger partial charge >= 0.3 is 0 Å². The summed E-state index contributed by atoms with van der Waals surface area (Å²) in [7, 11) is 1.95. The first-order chi connectivity index (χ1) is 11.1. The van der Waals surface area contributed by atoms with Gasteiger partial charge in [-0.05, 0) is 37.9 Å². The summed E-state index contributed by atoms with van der Waals surface area (Å²) in [4.78, 5) is 18.7. The van der Waals surface area contributed by atoms with E-state index in [2.05, 4.69) is 11.9 Å². The minimum atomic E-state index is -0.0401. The maximum Gasteiger partial charge on any atom is 0.289 e. The van der Waals surface area contributed by atoms with Gasteiger partial charge in [-0.2, -0.15) is 0 Å². The predicted octanol–water partition coefficient (Wildman–Crippen LogP) is 2.11. The molecule has 7 heteroatoms. The van der Waals surface area contributed by atoms with Crippen molar-refractivity contribution in [2.45, 2.75) is 30.3 Å². The number of imidazole rings is 1. The van der Waals surface area contributed by atoms with Crippen LogP contribution >= 0.6 is 11.8 Å². The van der Waals surface area contributed by atoms with Crippen LogP contribution < -0.4 is 5.73 Å². The summed E-state index contributed by atoms with van der Waals surface area (Å²) >= 11 is 1.59. The number of carbonyl (C=O) groups excluding carboxylic acids is 1. The number of likely N-dealkylation sites (tertiary alicyclic amines) is 1. The molecule has 1 saturated heterocycles. The monoisotopic (exact) mass is 334 g/mol. The molecule has 0 aromatic carbocycles. The van der Waals surface area contributed by atoms with Crippen molar-refractivity contribution in [2.24, 2.45) is 18.7 Å². The van der Waals surface area contributed by atoms with E-state index in [0.29, 0.717) is 30.5 Å². The molecule has 6 nitrogen and oxygen atoms in total. The standard InChI is InChI=1S/C16H22N4O2S/c1-11-7-12(8-17)9-20(11)15(21)14-4-3-13(22-14)10-23-16-18-5-6-19(16)2/h3-6,11-12H,7-10,17H2,1-2H3. The molecule has 2 N–H and O–H groups in total. The van der Waals surface area contributed by atoms with Crippen LogP contribution in [-0.2, 0) is 12.8 Å². The van der Waals surface area contributed by atoms with Crippen molar-refractivity contribution in [2.75, 3.05) is 13.1 Å². The third-order valence-corrected chi connectivity index (χ3v) is 5.33. The molecule has 0 radical (unpaired) electrons. The zero-order chi connectivity index (χ0) is 16.4. The van der Waals surface area contributed by atoms with Crippen LogP contribution in [-0.4, -0.2) is 39.5 Å². The molecule has 0 bridgehead atoms. The summed E-state index contributed by atoms with van der Waals surface area (Å²) in [5.74, 6) is 2.19. The van der Waals surface area contributed by atoms with Crippen LogP contribution in [0, 0.1) is 5.92 Å². The minimum Gasteiger partial charge on any atom is -0.455 e. The fourth-order valence-electron chi connectivity index (χ4n) is 2.93. The number of aromatic nitrogens is 2. The molecule has 1 aliphatic heterocycles. The Labute approximate surface area is 140 Å². The Bertz CT molecular complexity index is 681. The molecule has 1 amide bonds. The lowest BCUT2D eigenvalue weighted by Gasteiger charge is -2.20. The molecule has 124 valence electrons. The molecule has 0 spiro atoms. The molecule has 0 aliphatic carbocycles. The summed E-state index contributed by atoms with van der Waals surface area (Å²) in [5.41, 5.74) is 5.73. The summed E-state index contributed by atoms with van der Waals surface area (Å²) in [6, 6.07) is 3.84. The van der Waals surface area contributed by atoms with E-state index >= 15 is 0 Å².